The van der Waals surface area contributed by atoms with Gasteiger partial charge in [-0.2, -0.15) is 0 Å². The van der Waals surface area contributed by atoms with E-state index in [1.54, 1.807) is 21.1 Å². The van der Waals surface area contributed by atoms with E-state index in [9.17, 15) is 19.0 Å². The van der Waals surface area contributed by atoms with Gasteiger partial charge in [-0.05, 0) is 47.9 Å². The van der Waals surface area contributed by atoms with Crippen molar-refractivity contribution in [1.29, 1.82) is 0 Å². The highest BCUT2D eigenvalue weighted by Gasteiger charge is 2.43. The van der Waals surface area contributed by atoms with Crippen molar-refractivity contribution in [3.05, 3.63) is 128 Å². The predicted molar refractivity (Wildman–Crippen MR) is 169 cm³/mol. The van der Waals surface area contributed by atoms with Crippen molar-refractivity contribution in [1.82, 2.24) is 9.55 Å². The van der Waals surface area contributed by atoms with Crippen LogP contribution in [0.1, 0.15) is 34.9 Å². The van der Waals surface area contributed by atoms with Gasteiger partial charge in [0.15, 0.2) is 0 Å². The second kappa shape index (κ2) is 14.2. The maximum Gasteiger partial charge on any atom is 0.353 e. The molecule has 0 saturated carbocycles. The smallest absolute Gasteiger partial charge is 0.353 e. The van der Waals surface area contributed by atoms with E-state index in [0.717, 1.165) is 23.8 Å². The number of aromatic nitrogens is 2. The molecule has 1 unspecified atom stereocenters. The minimum Gasteiger partial charge on any atom is -0.497 e. The Hall–Kier alpha value is -4.03. The number of ether oxygens (including phenoxy) is 5. The standard InChI is InChI=1S/C33H37N2O10P/c1-22-19-35(32(37)34-31(22)36)30-18-28(43-21-46(38,39)42-4)29(45-30)20-44-33(23-8-6-5-7-9-23,24-10-14-26(40-2)15-11-24)25-12-16-27(41-3)17-13-25/h5-17,19,28-30H,18,20-21H2,1-4H3,(H,38,39)(H,34,36,37)/t28-,29+,30+/m0/s1. The molecule has 0 aliphatic carbocycles. The number of nitrogens with one attached hydrogen (secondary N) is 1. The molecule has 1 fully saturated rings. The molecule has 13 heteroatoms. The molecule has 3 aromatic carbocycles. The normalized spacial score (nSPS) is 19.5. The highest BCUT2D eigenvalue weighted by molar-refractivity contribution is 7.52. The zero-order chi connectivity index (χ0) is 32.9. The van der Waals surface area contributed by atoms with Gasteiger partial charge in [0.25, 0.3) is 5.56 Å². The summed E-state index contributed by atoms with van der Waals surface area (Å²) in [6, 6.07) is 24.8. The molecule has 46 heavy (non-hydrogen) atoms. The van der Waals surface area contributed by atoms with Gasteiger partial charge in [0.05, 0.1) is 26.9 Å². The van der Waals surface area contributed by atoms with E-state index >= 15 is 0 Å². The molecule has 2 N–H and O–H groups in total. The Morgan fingerprint density at radius 2 is 1.48 bits per heavy atom. The molecular formula is C33H37N2O10P. The molecule has 1 saturated heterocycles. The van der Waals surface area contributed by atoms with Crippen LogP contribution < -0.4 is 20.7 Å². The zero-order valence-electron chi connectivity index (χ0n) is 26.0. The fraction of sp³-hybridized carbons (Fsp3) is 0.333. The number of H-pyrrole nitrogens is 1. The second-order valence-corrected chi connectivity index (χ2v) is 12.7. The molecule has 2 heterocycles. The predicted octanol–water partition coefficient (Wildman–Crippen LogP) is 4.33. The number of aromatic amines is 1. The van der Waals surface area contributed by atoms with Crippen molar-refractivity contribution in [3.8, 4) is 11.5 Å². The van der Waals surface area contributed by atoms with Crippen molar-refractivity contribution in [3.63, 3.8) is 0 Å². The van der Waals surface area contributed by atoms with Gasteiger partial charge in [-0.3, -0.25) is 18.9 Å². The third-order valence-corrected chi connectivity index (χ3v) is 9.06. The van der Waals surface area contributed by atoms with Crippen LogP contribution in [0.4, 0.5) is 0 Å². The Balaban J connectivity index is 1.57. The topological polar surface area (TPSA) is 148 Å². The molecule has 0 bridgehead atoms. The number of rotatable bonds is 13. The van der Waals surface area contributed by atoms with E-state index in [2.05, 4.69) is 4.98 Å². The minimum atomic E-state index is -4.04. The number of hydrogen-bond donors (Lipinski definition) is 2. The van der Waals surface area contributed by atoms with Crippen LogP contribution in [0.3, 0.4) is 0 Å². The monoisotopic (exact) mass is 652 g/mol. The quantitative estimate of drug-likeness (QED) is 0.158. The fourth-order valence-electron chi connectivity index (χ4n) is 5.52. The Kier molecular flexibility index (Phi) is 10.3. The zero-order valence-corrected chi connectivity index (χ0v) is 26.8. The van der Waals surface area contributed by atoms with Crippen molar-refractivity contribution in [2.24, 2.45) is 0 Å². The van der Waals surface area contributed by atoms with Crippen LogP contribution in [-0.4, -0.2) is 60.9 Å². The molecular weight excluding hydrogens is 615 g/mol. The molecule has 1 aliphatic rings. The molecule has 4 aromatic rings. The summed E-state index contributed by atoms with van der Waals surface area (Å²) >= 11 is 0. The van der Waals surface area contributed by atoms with E-state index in [-0.39, 0.29) is 13.0 Å². The van der Waals surface area contributed by atoms with Crippen LogP contribution in [0.25, 0.3) is 0 Å². The average Bonchev–Trinajstić information content (AvgIpc) is 3.49. The molecule has 5 rings (SSSR count). The van der Waals surface area contributed by atoms with Gasteiger partial charge in [0.1, 0.15) is 35.8 Å². The highest BCUT2D eigenvalue weighted by atomic mass is 31.2. The van der Waals surface area contributed by atoms with Crippen molar-refractivity contribution >= 4 is 7.60 Å². The fourth-order valence-corrected chi connectivity index (χ4v) is 6.01. The van der Waals surface area contributed by atoms with E-state index in [1.807, 2.05) is 78.9 Å². The van der Waals surface area contributed by atoms with Gasteiger partial charge >= 0.3 is 13.3 Å². The SMILES string of the molecule is COc1ccc(C(OC[C@H]2O[C@@H](n3cc(C)c(=O)[nH]c3=O)C[C@@H]2OCP(=O)(O)OC)(c2ccccc2)c2ccc(OC)cc2)cc1. The lowest BCUT2D eigenvalue weighted by atomic mass is 9.80. The van der Waals surface area contributed by atoms with Gasteiger partial charge in [-0.15, -0.1) is 0 Å². The first-order valence-corrected chi connectivity index (χ1v) is 16.3. The lowest BCUT2D eigenvalue weighted by Gasteiger charge is -2.37. The first kappa shape index (κ1) is 33.3. The number of benzene rings is 3. The Bertz CT molecular complexity index is 1730. The van der Waals surface area contributed by atoms with E-state index in [1.165, 1.54) is 10.8 Å². The summed E-state index contributed by atoms with van der Waals surface area (Å²) in [4.78, 5) is 37.2. The molecule has 12 nitrogen and oxygen atoms in total. The van der Waals surface area contributed by atoms with Gasteiger partial charge < -0.3 is 33.1 Å². The summed E-state index contributed by atoms with van der Waals surface area (Å²) in [6.45, 7) is 1.52. The highest BCUT2D eigenvalue weighted by Crippen LogP contribution is 2.45. The van der Waals surface area contributed by atoms with Crippen LogP contribution in [0.5, 0.6) is 11.5 Å². The summed E-state index contributed by atoms with van der Waals surface area (Å²) in [5.41, 5.74) is 0.411. The van der Waals surface area contributed by atoms with Crippen LogP contribution in [-0.2, 0) is 28.9 Å². The summed E-state index contributed by atoms with van der Waals surface area (Å²) in [5, 5.41) is 0. The van der Waals surface area contributed by atoms with Gasteiger partial charge in [0, 0.05) is 25.3 Å². The third kappa shape index (κ3) is 7.02. The molecule has 0 amide bonds. The molecule has 0 radical (unpaired) electrons. The van der Waals surface area contributed by atoms with E-state index < -0.39 is 49.2 Å². The van der Waals surface area contributed by atoms with E-state index in [0.29, 0.717) is 17.1 Å². The maximum atomic E-state index is 12.8. The summed E-state index contributed by atoms with van der Waals surface area (Å²) < 4.78 is 48.4. The maximum absolute atomic E-state index is 12.8. The third-order valence-electron chi connectivity index (χ3n) is 8.01. The van der Waals surface area contributed by atoms with Gasteiger partial charge in [-0.25, -0.2) is 4.79 Å². The minimum absolute atomic E-state index is 0.0616. The van der Waals surface area contributed by atoms with Crippen molar-refractivity contribution in [2.75, 3.05) is 34.3 Å². The number of nitrogens with zero attached hydrogens (tertiary/aromatic N) is 1. The molecule has 0 spiro atoms. The lowest BCUT2D eigenvalue weighted by molar-refractivity contribution is -0.101. The van der Waals surface area contributed by atoms with Crippen LogP contribution in [0, 0.1) is 6.92 Å². The van der Waals surface area contributed by atoms with Crippen LogP contribution in [0.15, 0.2) is 94.6 Å². The Morgan fingerprint density at radius 3 is 2.02 bits per heavy atom. The molecule has 1 aromatic heterocycles. The van der Waals surface area contributed by atoms with Crippen molar-refractivity contribution in [2.45, 2.75) is 37.4 Å². The van der Waals surface area contributed by atoms with Gasteiger partial charge in [0.2, 0.25) is 0 Å². The first-order chi connectivity index (χ1) is 22.1. The lowest BCUT2D eigenvalue weighted by Crippen LogP contribution is -2.38. The summed E-state index contributed by atoms with van der Waals surface area (Å²) in [6.07, 6.45) is -1.48. The van der Waals surface area contributed by atoms with E-state index in [4.69, 9.17) is 28.2 Å². The second-order valence-electron chi connectivity index (χ2n) is 10.8. The molecule has 1 aliphatic heterocycles. The van der Waals surface area contributed by atoms with Crippen molar-refractivity contribution < 1.29 is 37.7 Å². The average molecular weight is 653 g/mol. The van der Waals surface area contributed by atoms with Crippen LogP contribution in [0.2, 0.25) is 0 Å². The Morgan fingerprint density at radius 1 is 0.913 bits per heavy atom. The molecule has 244 valence electrons. The number of aryl methyl sites for hydroxylation is 1. The first-order valence-electron chi connectivity index (χ1n) is 14.6. The number of hydrogen-bond acceptors (Lipinski definition) is 9. The number of methoxy groups -OCH3 is 2. The molecule has 4 atom stereocenters. The Labute approximate surface area is 266 Å². The largest absolute Gasteiger partial charge is 0.497 e. The van der Waals surface area contributed by atoms with Crippen LogP contribution >= 0.6 is 7.60 Å². The summed E-state index contributed by atoms with van der Waals surface area (Å²) in [5.74, 6) is 1.34. The van der Waals surface area contributed by atoms with Gasteiger partial charge in [-0.1, -0.05) is 54.6 Å². The summed E-state index contributed by atoms with van der Waals surface area (Å²) in [7, 11) is 0.277.